The van der Waals surface area contributed by atoms with Gasteiger partial charge in [0.05, 0.1) is 22.8 Å². The van der Waals surface area contributed by atoms with Crippen LogP contribution in [0.5, 0.6) is 0 Å². The Morgan fingerprint density at radius 1 is 0.931 bits per heavy atom. The Morgan fingerprint density at radius 3 is 2.31 bits per heavy atom. The Bertz CT molecular complexity index is 1020. The van der Waals surface area contributed by atoms with Gasteiger partial charge in [0, 0.05) is 26.2 Å². The summed E-state index contributed by atoms with van der Waals surface area (Å²) in [6.07, 6.45) is 0. The number of carbonyl (C=O) groups excluding carboxylic acids is 2. The number of para-hydroxylation sites is 2. The largest absolute Gasteiger partial charge is 0.323 e. The Morgan fingerprint density at radius 2 is 1.59 bits per heavy atom. The summed E-state index contributed by atoms with van der Waals surface area (Å²) >= 11 is 0. The zero-order valence-corrected chi connectivity index (χ0v) is 16.6. The number of piperazine rings is 1. The normalized spacial score (nSPS) is 18.2. The number of rotatable bonds is 4. The summed E-state index contributed by atoms with van der Waals surface area (Å²) in [5.74, 6) is -0.400. The van der Waals surface area contributed by atoms with Crippen LogP contribution in [0, 0.1) is 0 Å². The first-order chi connectivity index (χ1) is 13.9. The molecule has 2 aliphatic heterocycles. The molecule has 0 aliphatic carbocycles. The van der Waals surface area contributed by atoms with Gasteiger partial charge in [-0.3, -0.25) is 19.4 Å². The molecule has 2 heterocycles. The van der Waals surface area contributed by atoms with Crippen molar-refractivity contribution in [1.29, 1.82) is 0 Å². The Balaban J connectivity index is 1.39. The second-order valence-electron chi connectivity index (χ2n) is 7.04. The van der Waals surface area contributed by atoms with Crippen LogP contribution >= 0.6 is 0 Å². The van der Waals surface area contributed by atoms with E-state index in [0.29, 0.717) is 37.6 Å². The zero-order chi connectivity index (χ0) is 20.4. The summed E-state index contributed by atoms with van der Waals surface area (Å²) < 4.78 is 26.9. The molecule has 0 unspecified atom stereocenters. The minimum Gasteiger partial charge on any atom is -0.323 e. The molecule has 29 heavy (non-hydrogen) atoms. The molecule has 0 saturated carbocycles. The van der Waals surface area contributed by atoms with E-state index in [2.05, 4.69) is 5.32 Å². The van der Waals surface area contributed by atoms with Gasteiger partial charge in [0.25, 0.3) is 0 Å². The molecular formula is C20H22N4O4S. The molecule has 2 aromatic carbocycles. The van der Waals surface area contributed by atoms with E-state index in [1.807, 2.05) is 11.0 Å². The highest BCUT2D eigenvalue weighted by atomic mass is 32.2. The van der Waals surface area contributed by atoms with Gasteiger partial charge in [0.1, 0.15) is 6.54 Å². The third kappa shape index (κ3) is 4.02. The van der Waals surface area contributed by atoms with Crippen molar-refractivity contribution in [2.75, 3.05) is 49.5 Å². The number of sulfonamides is 1. The van der Waals surface area contributed by atoms with Gasteiger partial charge in [-0.15, -0.1) is 0 Å². The second-order valence-corrected chi connectivity index (χ2v) is 8.98. The second kappa shape index (κ2) is 7.94. The maximum Gasteiger partial charge on any atom is 0.244 e. The van der Waals surface area contributed by atoms with Crippen molar-refractivity contribution in [1.82, 2.24) is 9.21 Å². The van der Waals surface area contributed by atoms with Gasteiger partial charge in [-0.1, -0.05) is 30.3 Å². The Hall–Kier alpha value is -2.75. The summed E-state index contributed by atoms with van der Waals surface area (Å²) in [4.78, 5) is 28.5. The van der Waals surface area contributed by atoms with Crippen LogP contribution in [0.4, 0.5) is 11.4 Å². The number of nitrogens with zero attached hydrogens (tertiary/aromatic N) is 3. The molecule has 2 aliphatic rings. The fourth-order valence-corrected chi connectivity index (χ4v) is 5.05. The van der Waals surface area contributed by atoms with E-state index in [1.54, 1.807) is 48.5 Å². The number of hydrogen-bond donors (Lipinski definition) is 1. The first-order valence-electron chi connectivity index (χ1n) is 9.42. The first kappa shape index (κ1) is 19.6. The van der Waals surface area contributed by atoms with Crippen molar-refractivity contribution < 1.29 is 18.0 Å². The van der Waals surface area contributed by atoms with E-state index < -0.39 is 10.0 Å². The van der Waals surface area contributed by atoms with Gasteiger partial charge < -0.3 is 5.32 Å². The van der Waals surface area contributed by atoms with Crippen LogP contribution in [0.15, 0.2) is 59.5 Å². The van der Waals surface area contributed by atoms with Crippen molar-refractivity contribution in [3.63, 3.8) is 0 Å². The molecule has 2 aromatic rings. The minimum atomic E-state index is -3.52. The molecule has 8 nitrogen and oxygen atoms in total. The lowest BCUT2D eigenvalue weighted by atomic mass is 10.2. The number of carbonyl (C=O) groups is 2. The summed E-state index contributed by atoms with van der Waals surface area (Å²) in [5.41, 5.74) is 1.30. The van der Waals surface area contributed by atoms with Crippen molar-refractivity contribution >= 4 is 33.2 Å². The SMILES string of the molecule is O=C1CN(C(=O)CN2CCN(S(=O)(=O)c3ccccc3)CC2)c2ccccc2N1. The van der Waals surface area contributed by atoms with E-state index in [-0.39, 0.29) is 29.8 Å². The first-order valence-corrected chi connectivity index (χ1v) is 10.9. The molecule has 0 aromatic heterocycles. The molecule has 0 bridgehead atoms. The van der Waals surface area contributed by atoms with E-state index in [4.69, 9.17) is 0 Å². The minimum absolute atomic E-state index is 0.0157. The molecule has 1 N–H and O–H groups in total. The average Bonchev–Trinajstić information content (AvgIpc) is 2.74. The third-order valence-electron chi connectivity index (χ3n) is 5.14. The number of nitrogens with one attached hydrogen (secondary N) is 1. The fraction of sp³-hybridized carbons (Fsp3) is 0.300. The lowest BCUT2D eigenvalue weighted by Gasteiger charge is -2.35. The third-order valence-corrected chi connectivity index (χ3v) is 7.06. The summed E-state index contributed by atoms with van der Waals surface area (Å²) in [6, 6.07) is 15.6. The lowest BCUT2D eigenvalue weighted by Crippen LogP contribution is -2.52. The Kier molecular flexibility index (Phi) is 5.35. The molecular weight excluding hydrogens is 392 g/mol. The van der Waals surface area contributed by atoms with Crippen molar-refractivity contribution in [3.8, 4) is 0 Å². The van der Waals surface area contributed by atoms with Gasteiger partial charge in [0.15, 0.2) is 0 Å². The summed E-state index contributed by atoms with van der Waals surface area (Å²) in [5, 5.41) is 2.77. The highest BCUT2D eigenvalue weighted by molar-refractivity contribution is 7.89. The number of fused-ring (bicyclic) bond motifs is 1. The molecule has 0 spiro atoms. The fourth-order valence-electron chi connectivity index (χ4n) is 3.60. The van der Waals surface area contributed by atoms with Crippen molar-refractivity contribution in [3.05, 3.63) is 54.6 Å². The molecule has 0 radical (unpaired) electrons. The number of hydrogen-bond acceptors (Lipinski definition) is 5. The smallest absolute Gasteiger partial charge is 0.244 e. The molecule has 4 rings (SSSR count). The topological polar surface area (TPSA) is 90.0 Å². The molecule has 1 saturated heterocycles. The Labute approximate surface area is 169 Å². The number of anilines is 2. The number of benzene rings is 2. The van der Waals surface area contributed by atoms with E-state index in [0.717, 1.165) is 0 Å². The van der Waals surface area contributed by atoms with Crippen LogP contribution in [-0.2, 0) is 19.6 Å². The maximum atomic E-state index is 12.8. The van der Waals surface area contributed by atoms with E-state index in [9.17, 15) is 18.0 Å². The van der Waals surface area contributed by atoms with Crippen LogP contribution in [-0.4, -0.2) is 68.7 Å². The summed E-state index contributed by atoms with van der Waals surface area (Å²) in [7, 11) is -3.52. The van der Waals surface area contributed by atoms with Gasteiger partial charge >= 0.3 is 0 Å². The standard InChI is InChI=1S/C20H22N4O4S/c25-19-14-24(18-9-5-4-8-17(18)21-19)20(26)15-22-10-12-23(13-11-22)29(27,28)16-6-2-1-3-7-16/h1-9H,10-15H2,(H,21,25). The van der Waals surface area contributed by atoms with Gasteiger partial charge in [-0.05, 0) is 24.3 Å². The predicted molar refractivity (Wildman–Crippen MR) is 109 cm³/mol. The van der Waals surface area contributed by atoms with E-state index >= 15 is 0 Å². The maximum absolute atomic E-state index is 12.8. The van der Waals surface area contributed by atoms with Crippen LogP contribution < -0.4 is 10.2 Å². The molecule has 2 amide bonds. The van der Waals surface area contributed by atoms with Gasteiger partial charge in [-0.25, -0.2) is 8.42 Å². The quantitative estimate of drug-likeness (QED) is 0.806. The molecule has 0 atom stereocenters. The predicted octanol–water partition coefficient (Wildman–Crippen LogP) is 0.978. The van der Waals surface area contributed by atoms with E-state index in [1.165, 1.54) is 9.21 Å². The van der Waals surface area contributed by atoms with Crippen LogP contribution in [0.3, 0.4) is 0 Å². The molecule has 152 valence electrons. The monoisotopic (exact) mass is 414 g/mol. The highest BCUT2D eigenvalue weighted by Gasteiger charge is 2.31. The van der Waals surface area contributed by atoms with Gasteiger partial charge in [0.2, 0.25) is 21.8 Å². The molecule has 9 heteroatoms. The summed E-state index contributed by atoms with van der Waals surface area (Å²) in [6.45, 7) is 1.68. The van der Waals surface area contributed by atoms with Gasteiger partial charge in [-0.2, -0.15) is 4.31 Å². The zero-order valence-electron chi connectivity index (χ0n) is 15.8. The highest BCUT2D eigenvalue weighted by Crippen LogP contribution is 2.29. The van der Waals surface area contributed by atoms with Crippen molar-refractivity contribution in [2.45, 2.75) is 4.90 Å². The number of amides is 2. The average molecular weight is 414 g/mol. The molecule has 1 fully saturated rings. The van der Waals surface area contributed by atoms with Crippen molar-refractivity contribution in [2.24, 2.45) is 0 Å². The van der Waals surface area contributed by atoms with Crippen LogP contribution in [0.1, 0.15) is 0 Å². The van der Waals surface area contributed by atoms with Crippen LogP contribution in [0.25, 0.3) is 0 Å². The lowest BCUT2D eigenvalue weighted by molar-refractivity contribution is -0.122. The van der Waals surface area contributed by atoms with Crippen LogP contribution in [0.2, 0.25) is 0 Å².